The molecule has 2 heterocycles. The molecule has 2 fully saturated rings. The van der Waals surface area contributed by atoms with Crippen LogP contribution < -0.4 is 10.2 Å². The van der Waals surface area contributed by atoms with Crippen molar-refractivity contribution in [2.75, 3.05) is 37.6 Å². The van der Waals surface area contributed by atoms with Crippen LogP contribution in [-0.4, -0.2) is 54.6 Å². The lowest BCUT2D eigenvalue weighted by atomic mass is 9.86. The maximum atomic E-state index is 12.7. The molecule has 1 aromatic heterocycles. The summed E-state index contributed by atoms with van der Waals surface area (Å²) in [7, 11) is 0. The van der Waals surface area contributed by atoms with Crippen LogP contribution in [0.5, 0.6) is 0 Å². The number of alkyl halides is 3. The highest BCUT2D eigenvalue weighted by Crippen LogP contribution is 2.33. The number of pyridine rings is 1. The van der Waals surface area contributed by atoms with Gasteiger partial charge in [-0.25, -0.2) is 4.98 Å². The Bertz CT molecular complexity index is 692. The Labute approximate surface area is 168 Å². The standard InChI is InChI=1S/C19H26ClF3N4O/c1-13-4-2-3-5-16(13)25-17(28)12-26-6-8-27(9-7-26)18-15(20)10-14(11-24-18)19(21,22)23/h10-11,13,16H,2-9,12H2,1H3,(H,25,28)/t13-,16-/m0/s1. The second-order valence-electron chi connectivity index (χ2n) is 7.73. The molecular weight excluding hydrogens is 393 g/mol. The van der Waals surface area contributed by atoms with Crippen LogP contribution in [0.1, 0.15) is 38.2 Å². The number of piperazine rings is 1. The third kappa shape index (κ3) is 5.29. The number of hydrogen-bond donors (Lipinski definition) is 1. The highest BCUT2D eigenvalue weighted by atomic mass is 35.5. The molecule has 2 atom stereocenters. The quantitative estimate of drug-likeness (QED) is 0.812. The van der Waals surface area contributed by atoms with Crippen LogP contribution in [-0.2, 0) is 11.0 Å². The van der Waals surface area contributed by atoms with Gasteiger partial charge >= 0.3 is 6.18 Å². The lowest BCUT2D eigenvalue weighted by molar-refractivity contribution is -0.137. The summed E-state index contributed by atoms with van der Waals surface area (Å²) in [5.74, 6) is 0.912. The second-order valence-corrected chi connectivity index (χ2v) is 8.13. The van der Waals surface area contributed by atoms with Crippen LogP contribution >= 0.6 is 11.6 Å². The third-order valence-corrected chi connectivity index (χ3v) is 5.92. The minimum atomic E-state index is -4.46. The lowest BCUT2D eigenvalue weighted by Crippen LogP contribution is -2.51. The maximum absolute atomic E-state index is 12.7. The van der Waals surface area contributed by atoms with Crippen molar-refractivity contribution < 1.29 is 18.0 Å². The molecular formula is C19H26ClF3N4O. The van der Waals surface area contributed by atoms with Crippen molar-refractivity contribution >= 4 is 23.3 Å². The number of rotatable bonds is 4. The predicted octanol–water partition coefficient (Wildman–Crippen LogP) is 3.57. The molecule has 1 amide bonds. The van der Waals surface area contributed by atoms with Crippen molar-refractivity contribution in [3.05, 3.63) is 22.8 Å². The van der Waals surface area contributed by atoms with E-state index in [9.17, 15) is 18.0 Å². The van der Waals surface area contributed by atoms with Crippen LogP contribution in [0.4, 0.5) is 19.0 Å². The number of aromatic nitrogens is 1. The largest absolute Gasteiger partial charge is 0.417 e. The minimum absolute atomic E-state index is 0.00713. The molecule has 1 aliphatic carbocycles. The molecule has 0 bridgehead atoms. The zero-order chi connectivity index (χ0) is 20.3. The summed E-state index contributed by atoms with van der Waals surface area (Å²) in [5, 5.41) is 3.15. The van der Waals surface area contributed by atoms with Gasteiger partial charge in [-0.2, -0.15) is 13.2 Å². The molecule has 0 unspecified atom stereocenters. The summed E-state index contributed by atoms with van der Waals surface area (Å²) in [6, 6.07) is 1.17. The van der Waals surface area contributed by atoms with Gasteiger partial charge in [0.25, 0.3) is 0 Å². The van der Waals surface area contributed by atoms with Gasteiger partial charge in [0.2, 0.25) is 5.91 Å². The SMILES string of the molecule is C[C@H]1CCCC[C@@H]1NC(=O)CN1CCN(c2ncc(C(F)(F)F)cc2Cl)CC1. The number of amides is 1. The Kier molecular flexibility index (Phi) is 6.70. The normalized spacial score (nSPS) is 24.2. The van der Waals surface area contributed by atoms with E-state index in [4.69, 9.17) is 11.6 Å². The fourth-order valence-electron chi connectivity index (χ4n) is 3.92. The molecule has 5 nitrogen and oxygen atoms in total. The second kappa shape index (κ2) is 8.86. The molecule has 1 aromatic rings. The monoisotopic (exact) mass is 418 g/mol. The summed E-state index contributed by atoms with van der Waals surface area (Å²) in [4.78, 5) is 20.2. The summed E-state index contributed by atoms with van der Waals surface area (Å²) in [5.41, 5.74) is -0.853. The first-order chi connectivity index (χ1) is 13.2. The van der Waals surface area contributed by atoms with E-state index in [1.165, 1.54) is 6.42 Å². The summed E-state index contributed by atoms with van der Waals surface area (Å²) in [6.07, 6.45) is 0.942. The van der Waals surface area contributed by atoms with E-state index in [1.807, 2.05) is 4.90 Å². The van der Waals surface area contributed by atoms with Gasteiger partial charge in [-0.05, 0) is 24.8 Å². The zero-order valence-electron chi connectivity index (χ0n) is 15.9. The molecule has 0 radical (unpaired) electrons. The number of nitrogens with one attached hydrogen (secondary N) is 1. The molecule has 0 spiro atoms. The molecule has 1 N–H and O–H groups in total. The molecule has 9 heteroatoms. The molecule has 1 aliphatic heterocycles. The fourth-order valence-corrected chi connectivity index (χ4v) is 4.21. The number of nitrogens with zero attached hydrogens (tertiary/aromatic N) is 3. The zero-order valence-corrected chi connectivity index (χ0v) is 16.7. The van der Waals surface area contributed by atoms with E-state index < -0.39 is 11.7 Å². The number of carbonyl (C=O) groups excluding carboxylic acids is 1. The van der Waals surface area contributed by atoms with Gasteiger partial charge in [-0.15, -0.1) is 0 Å². The Morgan fingerprint density at radius 3 is 2.54 bits per heavy atom. The molecule has 1 saturated carbocycles. The first-order valence-corrected chi connectivity index (χ1v) is 10.1. The van der Waals surface area contributed by atoms with Crippen molar-refractivity contribution in [3.63, 3.8) is 0 Å². The minimum Gasteiger partial charge on any atom is -0.353 e. The Morgan fingerprint density at radius 2 is 1.93 bits per heavy atom. The van der Waals surface area contributed by atoms with E-state index in [-0.39, 0.29) is 17.0 Å². The Hall–Kier alpha value is -1.54. The van der Waals surface area contributed by atoms with Gasteiger partial charge in [-0.3, -0.25) is 9.69 Å². The molecule has 28 heavy (non-hydrogen) atoms. The lowest BCUT2D eigenvalue weighted by Gasteiger charge is -2.36. The van der Waals surface area contributed by atoms with Gasteiger partial charge in [0.15, 0.2) is 0 Å². The van der Waals surface area contributed by atoms with Gasteiger partial charge in [-0.1, -0.05) is 31.4 Å². The average molecular weight is 419 g/mol. The summed E-state index contributed by atoms with van der Waals surface area (Å²) >= 11 is 6.03. The third-order valence-electron chi connectivity index (χ3n) is 5.65. The first-order valence-electron chi connectivity index (χ1n) is 9.73. The Morgan fingerprint density at radius 1 is 1.25 bits per heavy atom. The van der Waals surface area contributed by atoms with Gasteiger partial charge in [0, 0.05) is 38.4 Å². The fraction of sp³-hybridized carbons (Fsp3) is 0.684. The number of carbonyl (C=O) groups is 1. The highest BCUT2D eigenvalue weighted by Gasteiger charge is 2.32. The van der Waals surface area contributed by atoms with E-state index in [2.05, 4.69) is 22.1 Å². The van der Waals surface area contributed by atoms with E-state index in [0.717, 1.165) is 31.5 Å². The average Bonchev–Trinajstić information content (AvgIpc) is 2.63. The van der Waals surface area contributed by atoms with Crippen molar-refractivity contribution in [1.82, 2.24) is 15.2 Å². The van der Waals surface area contributed by atoms with Crippen LogP contribution in [0.25, 0.3) is 0 Å². The predicted molar refractivity (Wildman–Crippen MR) is 102 cm³/mol. The molecule has 3 rings (SSSR count). The molecule has 0 aromatic carbocycles. The van der Waals surface area contributed by atoms with Gasteiger partial charge < -0.3 is 10.2 Å². The van der Waals surface area contributed by atoms with E-state index in [0.29, 0.717) is 44.5 Å². The first kappa shape index (κ1) is 21.2. The maximum Gasteiger partial charge on any atom is 0.417 e. The van der Waals surface area contributed by atoms with Crippen molar-refractivity contribution in [2.24, 2.45) is 5.92 Å². The summed E-state index contributed by atoms with van der Waals surface area (Å²) < 4.78 is 38.2. The molecule has 2 aliphatic rings. The highest BCUT2D eigenvalue weighted by molar-refractivity contribution is 6.33. The van der Waals surface area contributed by atoms with Gasteiger partial charge in [0.05, 0.1) is 17.1 Å². The number of halogens is 4. The van der Waals surface area contributed by atoms with Crippen LogP contribution in [0.2, 0.25) is 5.02 Å². The Balaban J connectivity index is 1.50. The molecule has 156 valence electrons. The van der Waals surface area contributed by atoms with Crippen LogP contribution in [0, 0.1) is 5.92 Å². The van der Waals surface area contributed by atoms with E-state index >= 15 is 0 Å². The van der Waals surface area contributed by atoms with Crippen LogP contribution in [0.3, 0.4) is 0 Å². The summed E-state index contributed by atoms with van der Waals surface area (Å²) in [6.45, 7) is 4.91. The van der Waals surface area contributed by atoms with Crippen LogP contribution in [0.15, 0.2) is 12.3 Å². The van der Waals surface area contributed by atoms with Crippen molar-refractivity contribution in [2.45, 2.75) is 44.8 Å². The van der Waals surface area contributed by atoms with Gasteiger partial charge in [0.1, 0.15) is 5.82 Å². The molecule has 1 saturated heterocycles. The van der Waals surface area contributed by atoms with Crippen molar-refractivity contribution in [3.8, 4) is 0 Å². The smallest absolute Gasteiger partial charge is 0.353 e. The number of hydrogen-bond acceptors (Lipinski definition) is 4. The topological polar surface area (TPSA) is 48.5 Å². The van der Waals surface area contributed by atoms with E-state index in [1.54, 1.807) is 0 Å². The van der Waals surface area contributed by atoms with Crippen molar-refractivity contribution in [1.29, 1.82) is 0 Å². The number of anilines is 1.